The van der Waals surface area contributed by atoms with Crippen LogP contribution in [0.15, 0.2) is 303 Å². The first kappa shape index (κ1) is 45.3. The zero-order valence-electron chi connectivity index (χ0n) is 42.8. The van der Waals surface area contributed by atoms with Crippen molar-refractivity contribution in [1.29, 1.82) is 0 Å². The molecular weight excluding hydrogens is 959 g/mol. The Labute approximate surface area is 453 Å². The highest BCUT2D eigenvalue weighted by molar-refractivity contribution is 7.23. The van der Waals surface area contributed by atoms with E-state index in [-0.39, 0.29) is 5.41 Å². The third-order valence-corrected chi connectivity index (χ3v) is 27.2. The van der Waals surface area contributed by atoms with Crippen molar-refractivity contribution in [2.45, 2.75) is 12.3 Å². The lowest BCUT2D eigenvalue weighted by atomic mass is 9.74. The maximum atomic E-state index is 2.53. The van der Waals surface area contributed by atoms with Gasteiger partial charge >= 0.3 is 0 Å². The largest absolute Gasteiger partial charge is 0.311 e. The van der Waals surface area contributed by atoms with E-state index < -0.39 is 16.1 Å². The van der Waals surface area contributed by atoms with Crippen molar-refractivity contribution < 1.29 is 0 Å². The molecule has 0 fully saturated rings. The number of fused-ring (bicyclic) bond motifs is 9. The highest BCUT2D eigenvalue weighted by Gasteiger charge is 2.50. The monoisotopic (exact) mass is 1010 g/mol. The van der Waals surface area contributed by atoms with Gasteiger partial charge in [-0.05, 0) is 152 Å². The molecule has 1 unspecified atom stereocenters. The Bertz CT molecular complexity index is 3970. The van der Waals surface area contributed by atoms with Crippen LogP contribution < -0.4 is 46.4 Å². The van der Waals surface area contributed by atoms with Gasteiger partial charge < -0.3 is 4.90 Å². The van der Waals surface area contributed by atoms with Crippen LogP contribution >= 0.6 is 0 Å². The Hall–Kier alpha value is -9.13. The summed E-state index contributed by atoms with van der Waals surface area (Å²) in [4.78, 5) is 2.53. The van der Waals surface area contributed by atoms with Gasteiger partial charge in [0.2, 0.25) is 0 Å². The molecule has 0 spiro atoms. The van der Waals surface area contributed by atoms with Crippen LogP contribution in [0.2, 0.25) is 0 Å². The highest BCUT2D eigenvalue weighted by atomic mass is 28.3. The molecule has 0 N–H and O–H groups in total. The smallest absolute Gasteiger partial charge is 0.180 e. The van der Waals surface area contributed by atoms with E-state index in [2.05, 4.69) is 315 Å². The van der Waals surface area contributed by atoms with Gasteiger partial charge in [-0.15, -0.1) is 0 Å². The molecule has 12 aromatic carbocycles. The summed E-state index contributed by atoms with van der Waals surface area (Å²) in [7, 11) is -5.63. The molecule has 0 aromatic heterocycles. The topological polar surface area (TPSA) is 3.24 Å². The molecule has 12 aromatic rings. The first-order valence-electron chi connectivity index (χ1n) is 27.0. The van der Waals surface area contributed by atoms with Crippen LogP contribution in [0.4, 0.5) is 17.1 Å². The second-order valence-electron chi connectivity index (χ2n) is 21.2. The summed E-state index contributed by atoms with van der Waals surface area (Å²) < 4.78 is 0. The SMILES string of the molecule is CC1(c2ccccc2)c2ccccc2-c2ccc(-c3ccc(N(c4cccc([Si]5(c6ccccc6)c6ccccc6-c6ccccc65)c4)c4cccc([Si]5(c6ccccc6)c6ccccc6-c6ccccc65)c4)cc3)cc21. The number of anilines is 3. The quantitative estimate of drug-likeness (QED) is 0.130. The van der Waals surface area contributed by atoms with Gasteiger partial charge in [0, 0.05) is 22.5 Å². The van der Waals surface area contributed by atoms with Crippen molar-refractivity contribution in [2.75, 3.05) is 4.90 Å². The average Bonchev–Trinajstić information content (AvgIpc) is 4.30. The summed E-state index contributed by atoms with van der Waals surface area (Å²) in [6.45, 7) is 2.40. The molecule has 0 amide bonds. The number of rotatable bonds is 9. The predicted molar refractivity (Wildman–Crippen MR) is 329 cm³/mol. The second-order valence-corrected chi connectivity index (χ2v) is 28.7. The Morgan fingerprint density at radius 1 is 0.260 bits per heavy atom. The summed E-state index contributed by atoms with van der Waals surface area (Å²) >= 11 is 0. The highest BCUT2D eigenvalue weighted by Crippen LogP contribution is 2.53. The van der Waals surface area contributed by atoms with E-state index >= 15 is 0 Å². The molecule has 1 nitrogen and oxygen atoms in total. The van der Waals surface area contributed by atoms with Crippen LogP contribution in [0.1, 0.15) is 23.6 Å². The molecule has 2 heterocycles. The minimum absolute atomic E-state index is 0.280. The van der Waals surface area contributed by atoms with Crippen LogP contribution in [0.3, 0.4) is 0 Å². The number of benzene rings is 12. The summed E-state index contributed by atoms with van der Waals surface area (Å²) in [6.07, 6.45) is 0. The second kappa shape index (κ2) is 17.7. The molecule has 77 heavy (non-hydrogen) atoms. The molecule has 0 radical (unpaired) electrons. The van der Waals surface area contributed by atoms with Gasteiger partial charge in [-0.3, -0.25) is 0 Å². The third kappa shape index (κ3) is 6.58. The Kier molecular flexibility index (Phi) is 10.4. The summed E-state index contributed by atoms with van der Waals surface area (Å²) in [5, 5.41) is 11.3. The molecule has 3 heteroatoms. The van der Waals surface area contributed by atoms with Crippen LogP contribution in [-0.4, -0.2) is 16.1 Å². The van der Waals surface area contributed by atoms with Gasteiger partial charge in [-0.25, -0.2) is 0 Å². The molecule has 0 saturated heterocycles. The van der Waals surface area contributed by atoms with Crippen LogP contribution in [0, 0.1) is 0 Å². The molecule has 362 valence electrons. The van der Waals surface area contributed by atoms with Gasteiger partial charge in [-0.2, -0.15) is 0 Å². The number of hydrogen-bond acceptors (Lipinski definition) is 1. The Morgan fingerprint density at radius 3 is 1.12 bits per heavy atom. The van der Waals surface area contributed by atoms with E-state index in [1.807, 2.05) is 0 Å². The van der Waals surface area contributed by atoms with Crippen molar-refractivity contribution in [1.82, 2.24) is 0 Å². The van der Waals surface area contributed by atoms with Crippen molar-refractivity contribution in [3.05, 3.63) is 320 Å². The van der Waals surface area contributed by atoms with Gasteiger partial charge in [-0.1, -0.05) is 261 Å². The first-order chi connectivity index (χ1) is 38.1. The maximum absolute atomic E-state index is 2.81. The molecule has 0 bridgehead atoms. The van der Waals surface area contributed by atoms with Crippen LogP contribution in [-0.2, 0) is 5.41 Å². The normalized spacial score (nSPS) is 15.6. The van der Waals surface area contributed by atoms with Crippen molar-refractivity contribution in [2.24, 2.45) is 0 Å². The van der Waals surface area contributed by atoms with E-state index in [9.17, 15) is 0 Å². The maximum Gasteiger partial charge on any atom is 0.180 e. The Morgan fingerprint density at radius 2 is 0.636 bits per heavy atom. The molecular formula is C74H53NSi2. The van der Waals surface area contributed by atoms with Crippen LogP contribution in [0.5, 0.6) is 0 Å². The third-order valence-electron chi connectivity index (χ3n) is 17.5. The fraction of sp³-hybridized carbons (Fsp3) is 0.0270. The minimum Gasteiger partial charge on any atom is -0.311 e. The lowest BCUT2D eigenvalue weighted by Crippen LogP contribution is -2.72. The van der Waals surface area contributed by atoms with Crippen molar-refractivity contribution in [3.63, 3.8) is 0 Å². The van der Waals surface area contributed by atoms with E-state index in [0.29, 0.717) is 0 Å². The fourth-order valence-electron chi connectivity index (χ4n) is 14.2. The van der Waals surface area contributed by atoms with Crippen LogP contribution in [0.25, 0.3) is 44.5 Å². The van der Waals surface area contributed by atoms with Crippen molar-refractivity contribution in [3.8, 4) is 44.5 Å². The van der Waals surface area contributed by atoms with E-state index in [0.717, 1.165) is 17.1 Å². The van der Waals surface area contributed by atoms with Gasteiger partial charge in [0.1, 0.15) is 0 Å². The molecule has 2 aliphatic heterocycles. The summed E-state index contributed by atoms with van der Waals surface area (Å²) in [5.74, 6) is 0. The molecule has 1 aliphatic carbocycles. The van der Waals surface area contributed by atoms with Gasteiger partial charge in [0.25, 0.3) is 0 Å². The lowest BCUT2D eigenvalue weighted by molar-refractivity contribution is 0.714. The number of nitrogens with zero attached hydrogens (tertiary/aromatic N) is 1. The predicted octanol–water partition coefficient (Wildman–Crippen LogP) is 12.9. The van der Waals surface area contributed by atoms with E-state index in [1.165, 1.54) is 103 Å². The van der Waals surface area contributed by atoms with E-state index in [4.69, 9.17) is 0 Å². The molecule has 3 aliphatic rings. The van der Waals surface area contributed by atoms with Crippen molar-refractivity contribution >= 4 is 74.7 Å². The molecule has 0 saturated carbocycles. The zero-order valence-corrected chi connectivity index (χ0v) is 44.8. The standard InChI is InChI=1S/C74H53NSi2/c1-74(54-23-5-2-6-24-54)68-38-16-11-33-62(68)63-48-45-53(49-69(63)74)52-43-46-55(47-44-52)75(56-25-21-31-60(50-56)76(58-27-7-3-8-28-58)70-39-17-12-34-64(70)65-35-13-18-40-71(65)76)57-26-22-32-61(51-57)77(59-29-9-4-10-30-59)72-41-19-14-36-66(72)67-37-15-20-42-73(67)77/h2-51H,1H3. The van der Waals surface area contributed by atoms with E-state index in [1.54, 1.807) is 0 Å². The lowest BCUT2D eigenvalue weighted by Gasteiger charge is -2.34. The van der Waals surface area contributed by atoms with Gasteiger partial charge in [0.15, 0.2) is 16.1 Å². The molecule has 1 atom stereocenters. The zero-order chi connectivity index (χ0) is 51.1. The molecule has 15 rings (SSSR count). The van der Waals surface area contributed by atoms with Gasteiger partial charge in [0.05, 0.1) is 0 Å². The average molecular weight is 1010 g/mol. The fourth-order valence-corrected chi connectivity index (χ4v) is 24.6. The summed E-state index contributed by atoms with van der Waals surface area (Å²) in [5.41, 5.74) is 17.5. The summed E-state index contributed by atoms with van der Waals surface area (Å²) in [6, 6.07) is 115. The first-order valence-corrected chi connectivity index (χ1v) is 31.0. The Balaban J connectivity index is 0.933. The minimum atomic E-state index is -2.81. The number of hydrogen-bond donors (Lipinski definition) is 0.